The average molecular weight is 579 g/mol. The molecule has 1 fully saturated rings. The van der Waals surface area contributed by atoms with Crippen molar-refractivity contribution in [1.29, 1.82) is 0 Å². The van der Waals surface area contributed by atoms with Gasteiger partial charge in [-0.15, -0.1) is 0 Å². The molecule has 9 heteroatoms. The van der Waals surface area contributed by atoms with Crippen molar-refractivity contribution in [2.45, 2.75) is 20.3 Å². The molecule has 1 saturated heterocycles. The lowest BCUT2D eigenvalue weighted by atomic mass is 10.1. The first-order chi connectivity index (χ1) is 18.4. The van der Waals surface area contributed by atoms with Crippen molar-refractivity contribution in [3.8, 4) is 17.2 Å². The van der Waals surface area contributed by atoms with Gasteiger partial charge in [-0.25, -0.2) is 9.69 Å². The fourth-order valence-electron chi connectivity index (χ4n) is 3.79. The normalized spacial score (nSPS) is 14.4. The molecule has 1 aliphatic heterocycles. The second kappa shape index (κ2) is 12.4. The second-order valence-electron chi connectivity index (χ2n) is 8.44. The lowest BCUT2D eigenvalue weighted by molar-refractivity contribution is -0.122. The van der Waals surface area contributed by atoms with Crippen LogP contribution < -0.4 is 24.4 Å². The summed E-state index contributed by atoms with van der Waals surface area (Å²) in [7, 11) is 0. The minimum absolute atomic E-state index is 0.170. The SMILES string of the molecule is CCOc1cc(/C=C2/C(=O)NC(=O)N(c3ccc(Br)cc3)C2=O)ccc1OCCCOc1cccc(C)c1. The predicted octanol–water partition coefficient (Wildman–Crippen LogP) is 5.67. The summed E-state index contributed by atoms with van der Waals surface area (Å²) >= 11 is 3.33. The highest BCUT2D eigenvalue weighted by Crippen LogP contribution is 2.30. The van der Waals surface area contributed by atoms with Gasteiger partial charge in [-0.3, -0.25) is 14.9 Å². The minimum Gasteiger partial charge on any atom is -0.493 e. The molecule has 4 amide bonds. The Kier molecular flexibility index (Phi) is 8.81. The third-order valence-electron chi connectivity index (χ3n) is 5.57. The molecule has 1 heterocycles. The molecule has 0 aliphatic carbocycles. The zero-order valence-electron chi connectivity index (χ0n) is 21.0. The van der Waals surface area contributed by atoms with Gasteiger partial charge in [0.2, 0.25) is 0 Å². The van der Waals surface area contributed by atoms with Crippen LogP contribution in [-0.2, 0) is 9.59 Å². The van der Waals surface area contributed by atoms with Crippen molar-refractivity contribution in [3.63, 3.8) is 0 Å². The Bertz CT molecular complexity index is 1370. The average Bonchev–Trinajstić information content (AvgIpc) is 2.88. The van der Waals surface area contributed by atoms with Crippen molar-refractivity contribution in [3.05, 3.63) is 87.9 Å². The van der Waals surface area contributed by atoms with Gasteiger partial charge in [0.1, 0.15) is 11.3 Å². The fraction of sp³-hybridized carbons (Fsp3) is 0.207. The van der Waals surface area contributed by atoms with Crippen LogP contribution in [0.15, 0.2) is 76.8 Å². The number of amides is 4. The van der Waals surface area contributed by atoms with E-state index < -0.39 is 17.8 Å². The maximum absolute atomic E-state index is 13.1. The first-order valence-electron chi connectivity index (χ1n) is 12.1. The number of benzene rings is 3. The summed E-state index contributed by atoms with van der Waals surface area (Å²) in [4.78, 5) is 39.0. The van der Waals surface area contributed by atoms with E-state index in [1.807, 2.05) is 38.1 Å². The lowest BCUT2D eigenvalue weighted by Crippen LogP contribution is -2.54. The first-order valence-corrected chi connectivity index (χ1v) is 12.9. The van der Waals surface area contributed by atoms with E-state index in [9.17, 15) is 14.4 Å². The van der Waals surface area contributed by atoms with Crippen LogP contribution in [0.5, 0.6) is 17.2 Å². The Morgan fingerprint density at radius 1 is 0.895 bits per heavy atom. The molecule has 0 saturated carbocycles. The predicted molar refractivity (Wildman–Crippen MR) is 148 cm³/mol. The Morgan fingerprint density at radius 2 is 1.66 bits per heavy atom. The van der Waals surface area contributed by atoms with Crippen LogP contribution >= 0.6 is 15.9 Å². The monoisotopic (exact) mass is 578 g/mol. The molecule has 0 bridgehead atoms. The number of nitrogens with zero attached hydrogens (tertiary/aromatic N) is 1. The Balaban J connectivity index is 1.45. The highest BCUT2D eigenvalue weighted by atomic mass is 79.9. The molecule has 1 aliphatic rings. The fourth-order valence-corrected chi connectivity index (χ4v) is 4.05. The first kappa shape index (κ1) is 26.9. The van der Waals surface area contributed by atoms with Crippen LogP contribution in [0.4, 0.5) is 10.5 Å². The van der Waals surface area contributed by atoms with Crippen LogP contribution in [0.3, 0.4) is 0 Å². The molecule has 8 nitrogen and oxygen atoms in total. The molecule has 196 valence electrons. The third kappa shape index (κ3) is 6.60. The number of carbonyl (C=O) groups excluding carboxylic acids is 3. The van der Waals surface area contributed by atoms with Gasteiger partial charge >= 0.3 is 6.03 Å². The van der Waals surface area contributed by atoms with E-state index in [1.54, 1.807) is 42.5 Å². The molecule has 0 unspecified atom stereocenters. The lowest BCUT2D eigenvalue weighted by Gasteiger charge is -2.26. The maximum Gasteiger partial charge on any atom is 0.335 e. The topological polar surface area (TPSA) is 94.2 Å². The van der Waals surface area contributed by atoms with E-state index >= 15 is 0 Å². The molecule has 0 radical (unpaired) electrons. The van der Waals surface area contributed by atoms with Gasteiger partial charge in [-0.05, 0) is 79.6 Å². The van der Waals surface area contributed by atoms with E-state index in [2.05, 4.69) is 21.2 Å². The molecular weight excluding hydrogens is 552 g/mol. The molecule has 38 heavy (non-hydrogen) atoms. The zero-order chi connectivity index (χ0) is 27.1. The summed E-state index contributed by atoms with van der Waals surface area (Å²) in [5, 5.41) is 2.23. The number of hydrogen-bond donors (Lipinski definition) is 1. The van der Waals surface area contributed by atoms with E-state index in [4.69, 9.17) is 14.2 Å². The quantitative estimate of drug-likeness (QED) is 0.189. The Morgan fingerprint density at radius 3 is 2.39 bits per heavy atom. The number of rotatable bonds is 10. The summed E-state index contributed by atoms with van der Waals surface area (Å²) in [5.74, 6) is 0.355. The zero-order valence-corrected chi connectivity index (χ0v) is 22.6. The smallest absolute Gasteiger partial charge is 0.335 e. The van der Waals surface area contributed by atoms with E-state index in [1.165, 1.54) is 6.08 Å². The van der Waals surface area contributed by atoms with Crippen LogP contribution in [0.1, 0.15) is 24.5 Å². The summed E-state index contributed by atoms with van der Waals surface area (Å²) in [6.45, 7) is 5.18. The van der Waals surface area contributed by atoms with Gasteiger partial charge in [0.15, 0.2) is 11.5 Å². The molecular formula is C29H27BrN2O6. The largest absolute Gasteiger partial charge is 0.493 e. The van der Waals surface area contributed by atoms with Crippen LogP contribution in [-0.4, -0.2) is 37.7 Å². The molecule has 3 aromatic carbocycles. The van der Waals surface area contributed by atoms with Gasteiger partial charge < -0.3 is 14.2 Å². The number of nitrogens with one attached hydrogen (secondary N) is 1. The molecule has 0 aromatic heterocycles. The van der Waals surface area contributed by atoms with Crippen LogP contribution in [0, 0.1) is 6.92 Å². The second-order valence-corrected chi connectivity index (χ2v) is 9.36. The van der Waals surface area contributed by atoms with Crippen molar-refractivity contribution < 1.29 is 28.6 Å². The van der Waals surface area contributed by atoms with Crippen molar-refractivity contribution >= 4 is 45.5 Å². The minimum atomic E-state index is -0.801. The summed E-state index contributed by atoms with van der Waals surface area (Å²) in [5.41, 5.74) is 1.86. The van der Waals surface area contributed by atoms with E-state index in [0.29, 0.717) is 49.0 Å². The number of aryl methyl sites for hydroxylation is 1. The van der Waals surface area contributed by atoms with Gasteiger partial charge in [-0.2, -0.15) is 0 Å². The summed E-state index contributed by atoms with van der Waals surface area (Å²) in [6, 6.07) is 18.8. The third-order valence-corrected chi connectivity index (χ3v) is 6.10. The molecule has 0 spiro atoms. The van der Waals surface area contributed by atoms with Crippen LogP contribution in [0.2, 0.25) is 0 Å². The van der Waals surface area contributed by atoms with Crippen molar-refractivity contribution in [2.75, 3.05) is 24.7 Å². The van der Waals surface area contributed by atoms with Crippen molar-refractivity contribution in [1.82, 2.24) is 5.32 Å². The number of halogens is 1. The molecule has 3 aromatic rings. The van der Waals surface area contributed by atoms with Gasteiger partial charge in [-0.1, -0.05) is 34.1 Å². The summed E-state index contributed by atoms with van der Waals surface area (Å²) in [6.07, 6.45) is 2.10. The number of anilines is 1. The number of barbiturate groups is 1. The number of imide groups is 2. The summed E-state index contributed by atoms with van der Waals surface area (Å²) < 4.78 is 18.2. The Hall–Kier alpha value is -4.11. The van der Waals surface area contributed by atoms with Crippen molar-refractivity contribution in [2.24, 2.45) is 0 Å². The number of carbonyl (C=O) groups is 3. The van der Waals surface area contributed by atoms with E-state index in [0.717, 1.165) is 20.7 Å². The molecule has 0 atom stereocenters. The maximum atomic E-state index is 13.1. The van der Waals surface area contributed by atoms with Gasteiger partial charge in [0.25, 0.3) is 11.8 Å². The highest BCUT2D eigenvalue weighted by Gasteiger charge is 2.36. The van der Waals surface area contributed by atoms with Gasteiger partial charge in [0.05, 0.1) is 25.5 Å². The van der Waals surface area contributed by atoms with Gasteiger partial charge in [0, 0.05) is 10.9 Å². The molecule has 1 N–H and O–H groups in total. The standard InChI is InChI=1S/C29H27BrN2O6/c1-3-36-26-18-20(8-13-25(26)38-15-5-14-37-23-7-4-6-19(2)16-23)17-24-27(33)31-29(35)32(28(24)34)22-11-9-21(30)10-12-22/h4,6-13,16-18H,3,5,14-15H2,1-2H3,(H,31,33,35)/b24-17-. The number of hydrogen-bond acceptors (Lipinski definition) is 6. The Labute approximate surface area is 229 Å². The number of ether oxygens (including phenoxy) is 3. The highest BCUT2D eigenvalue weighted by molar-refractivity contribution is 9.10. The van der Waals surface area contributed by atoms with E-state index in [-0.39, 0.29) is 5.57 Å². The number of urea groups is 1. The molecule has 4 rings (SSSR count). The van der Waals surface area contributed by atoms with Crippen LogP contribution in [0.25, 0.3) is 6.08 Å².